The lowest BCUT2D eigenvalue weighted by Gasteiger charge is -2.20. The molecule has 0 aliphatic heterocycles. The van der Waals surface area contributed by atoms with Crippen LogP contribution in [0.25, 0.3) is 0 Å². The largest absolute Gasteiger partial charge is 0.393 e. The van der Waals surface area contributed by atoms with E-state index in [1.807, 2.05) is 6.07 Å². The summed E-state index contributed by atoms with van der Waals surface area (Å²) in [6.45, 7) is 2.36. The Morgan fingerprint density at radius 3 is 2.75 bits per heavy atom. The van der Waals surface area contributed by atoms with Crippen LogP contribution in [0.3, 0.4) is 0 Å². The second-order valence-corrected chi connectivity index (χ2v) is 3.09. The summed E-state index contributed by atoms with van der Waals surface area (Å²) in [5.74, 6) is 0. The average molecular weight is 172 g/mol. The molecule has 0 radical (unpaired) electrons. The Hall–Kier alpha value is -0.630. The van der Waals surface area contributed by atoms with Crippen LogP contribution >= 0.6 is 0 Å². The molecule has 0 rings (SSSR count). The maximum atomic E-state index is 9.30. The fourth-order valence-electron chi connectivity index (χ4n) is 0.706. The van der Waals surface area contributed by atoms with Crippen LogP contribution in [0.5, 0.6) is 0 Å². The molecule has 0 aromatic carbocycles. The summed E-state index contributed by atoms with van der Waals surface area (Å²) in [6, 6.07) is 2.03. The van der Waals surface area contributed by atoms with Crippen LogP contribution < -0.4 is 5.32 Å². The highest BCUT2D eigenvalue weighted by Crippen LogP contribution is 1.98. The molecule has 0 fully saturated rings. The quantitative estimate of drug-likeness (QED) is 0.477. The highest BCUT2D eigenvalue weighted by molar-refractivity contribution is 4.75. The Labute approximate surface area is 72.8 Å². The molecule has 3 N–H and O–H groups in total. The van der Waals surface area contributed by atoms with Gasteiger partial charge in [-0.3, -0.25) is 0 Å². The zero-order valence-corrected chi connectivity index (χ0v) is 7.38. The molecule has 0 heterocycles. The van der Waals surface area contributed by atoms with Crippen LogP contribution in [0.1, 0.15) is 19.8 Å². The van der Waals surface area contributed by atoms with Crippen molar-refractivity contribution < 1.29 is 10.2 Å². The molecule has 4 heteroatoms. The summed E-state index contributed by atoms with van der Waals surface area (Å²) < 4.78 is 0. The predicted octanol–water partition coefficient (Wildman–Crippen LogP) is -0.377. The fraction of sp³-hybridized carbons (Fsp3) is 0.875. The molecule has 1 atom stereocenters. The van der Waals surface area contributed by atoms with Crippen LogP contribution in [-0.2, 0) is 0 Å². The zero-order valence-electron chi connectivity index (χ0n) is 7.38. The van der Waals surface area contributed by atoms with E-state index in [-0.39, 0.29) is 6.61 Å². The van der Waals surface area contributed by atoms with Gasteiger partial charge in [-0.05, 0) is 19.9 Å². The molecule has 4 nitrogen and oxygen atoms in total. The van der Waals surface area contributed by atoms with Gasteiger partial charge in [0.1, 0.15) is 0 Å². The van der Waals surface area contributed by atoms with Crippen molar-refractivity contribution in [2.24, 2.45) is 0 Å². The molecular weight excluding hydrogens is 156 g/mol. The van der Waals surface area contributed by atoms with Gasteiger partial charge in [-0.1, -0.05) is 0 Å². The highest BCUT2D eigenvalue weighted by Gasteiger charge is 2.17. The molecule has 0 aromatic rings. The Morgan fingerprint density at radius 2 is 2.25 bits per heavy atom. The van der Waals surface area contributed by atoms with Gasteiger partial charge in [0.25, 0.3) is 0 Å². The van der Waals surface area contributed by atoms with E-state index in [0.717, 1.165) is 6.42 Å². The summed E-state index contributed by atoms with van der Waals surface area (Å²) in [5.41, 5.74) is -1.05. The van der Waals surface area contributed by atoms with E-state index in [1.54, 1.807) is 6.92 Å². The summed E-state index contributed by atoms with van der Waals surface area (Å²) in [6.07, 6.45) is 1.30. The molecule has 12 heavy (non-hydrogen) atoms. The van der Waals surface area contributed by atoms with Crippen molar-refractivity contribution in [1.82, 2.24) is 5.32 Å². The van der Waals surface area contributed by atoms with E-state index in [4.69, 9.17) is 10.4 Å². The number of rotatable bonds is 6. The van der Waals surface area contributed by atoms with Crippen molar-refractivity contribution in [3.63, 3.8) is 0 Å². The van der Waals surface area contributed by atoms with E-state index >= 15 is 0 Å². The SMILES string of the molecule is CC(O)(CO)CNCCCC#N. The molecule has 1 unspecified atom stereocenters. The first kappa shape index (κ1) is 11.4. The van der Waals surface area contributed by atoms with Crippen molar-refractivity contribution in [1.29, 1.82) is 5.26 Å². The van der Waals surface area contributed by atoms with Gasteiger partial charge < -0.3 is 15.5 Å². The van der Waals surface area contributed by atoms with Gasteiger partial charge >= 0.3 is 0 Å². The second kappa shape index (κ2) is 5.95. The van der Waals surface area contributed by atoms with Crippen molar-refractivity contribution in [3.8, 4) is 6.07 Å². The Kier molecular flexibility index (Phi) is 5.64. The van der Waals surface area contributed by atoms with Crippen LogP contribution in [0.2, 0.25) is 0 Å². The monoisotopic (exact) mass is 172 g/mol. The Morgan fingerprint density at radius 1 is 1.58 bits per heavy atom. The lowest BCUT2D eigenvalue weighted by Crippen LogP contribution is -2.41. The number of unbranched alkanes of at least 4 members (excludes halogenated alkanes) is 1. The molecule has 0 aliphatic carbocycles. The topological polar surface area (TPSA) is 76.3 Å². The van der Waals surface area contributed by atoms with Crippen LogP contribution in [0.15, 0.2) is 0 Å². The highest BCUT2D eigenvalue weighted by atomic mass is 16.3. The third-order valence-electron chi connectivity index (χ3n) is 1.49. The molecular formula is C8H16N2O2. The minimum Gasteiger partial charge on any atom is -0.393 e. The van der Waals surface area contributed by atoms with E-state index < -0.39 is 5.60 Å². The molecule has 0 aliphatic rings. The third kappa shape index (κ3) is 6.10. The minimum absolute atomic E-state index is 0.252. The van der Waals surface area contributed by atoms with Crippen molar-refractivity contribution >= 4 is 0 Å². The van der Waals surface area contributed by atoms with Crippen molar-refractivity contribution in [2.75, 3.05) is 19.7 Å². The van der Waals surface area contributed by atoms with Crippen molar-refractivity contribution in [3.05, 3.63) is 0 Å². The number of aliphatic hydroxyl groups is 2. The molecule has 0 spiro atoms. The van der Waals surface area contributed by atoms with E-state index in [2.05, 4.69) is 5.32 Å². The van der Waals surface area contributed by atoms with E-state index in [1.165, 1.54) is 0 Å². The maximum absolute atomic E-state index is 9.30. The van der Waals surface area contributed by atoms with Gasteiger partial charge in [0, 0.05) is 13.0 Å². The average Bonchev–Trinajstić information content (AvgIpc) is 2.04. The molecule has 0 amide bonds. The molecule has 70 valence electrons. The summed E-state index contributed by atoms with van der Waals surface area (Å²) in [7, 11) is 0. The number of nitriles is 1. The fourth-order valence-corrected chi connectivity index (χ4v) is 0.706. The number of nitrogens with zero attached hydrogens (tertiary/aromatic N) is 1. The molecule has 0 saturated carbocycles. The lowest BCUT2D eigenvalue weighted by molar-refractivity contribution is 0.00291. The van der Waals surface area contributed by atoms with Gasteiger partial charge in [-0.15, -0.1) is 0 Å². The molecule has 0 aromatic heterocycles. The smallest absolute Gasteiger partial charge is 0.0972 e. The number of hydrogen-bond acceptors (Lipinski definition) is 4. The molecule has 0 bridgehead atoms. The van der Waals surface area contributed by atoms with E-state index in [9.17, 15) is 5.11 Å². The van der Waals surface area contributed by atoms with Gasteiger partial charge in [0.05, 0.1) is 18.3 Å². The standard InChI is InChI=1S/C8H16N2O2/c1-8(12,7-11)6-10-5-3-2-4-9/h10-12H,2-3,5-7H2,1H3. The Bertz CT molecular complexity index is 152. The zero-order chi connectivity index (χ0) is 9.45. The van der Waals surface area contributed by atoms with Gasteiger partial charge in [0.15, 0.2) is 0 Å². The van der Waals surface area contributed by atoms with E-state index in [0.29, 0.717) is 19.5 Å². The molecule has 0 saturated heterocycles. The summed E-state index contributed by atoms with van der Waals surface area (Å²) >= 11 is 0. The number of nitrogens with one attached hydrogen (secondary N) is 1. The first-order chi connectivity index (χ1) is 5.62. The van der Waals surface area contributed by atoms with Crippen LogP contribution in [0.4, 0.5) is 0 Å². The van der Waals surface area contributed by atoms with Gasteiger partial charge in [-0.2, -0.15) is 5.26 Å². The van der Waals surface area contributed by atoms with Crippen molar-refractivity contribution in [2.45, 2.75) is 25.4 Å². The van der Waals surface area contributed by atoms with Gasteiger partial charge in [0.2, 0.25) is 0 Å². The summed E-state index contributed by atoms with van der Waals surface area (Å²) in [4.78, 5) is 0. The predicted molar refractivity (Wildman–Crippen MR) is 45.4 cm³/mol. The first-order valence-electron chi connectivity index (χ1n) is 4.03. The van der Waals surface area contributed by atoms with Gasteiger partial charge in [-0.25, -0.2) is 0 Å². The summed E-state index contributed by atoms with van der Waals surface area (Å²) in [5, 5.41) is 29.1. The first-order valence-corrected chi connectivity index (χ1v) is 4.03. The van der Waals surface area contributed by atoms with Crippen LogP contribution in [0, 0.1) is 11.3 Å². The second-order valence-electron chi connectivity index (χ2n) is 3.09. The minimum atomic E-state index is -1.05. The van der Waals surface area contributed by atoms with Crippen LogP contribution in [-0.4, -0.2) is 35.5 Å². The number of aliphatic hydroxyl groups excluding tert-OH is 1. The third-order valence-corrected chi connectivity index (χ3v) is 1.49. The number of hydrogen-bond donors (Lipinski definition) is 3. The normalized spacial score (nSPS) is 15.2. The maximum Gasteiger partial charge on any atom is 0.0972 e. The lowest BCUT2D eigenvalue weighted by atomic mass is 10.1. The Balaban J connectivity index is 3.26.